The molecule has 1 aliphatic carbocycles. The normalized spacial score (nSPS) is 15.1. The summed E-state index contributed by atoms with van der Waals surface area (Å²) in [4.78, 5) is 25.0. The SMILES string of the molecule is CC(c1cc(F)ccc1F)N(C)C(=O)CCCNC(=O)C1CC1. The number of amides is 2. The molecule has 1 aromatic carbocycles. The number of carbonyl (C=O) groups excluding carboxylic acids is 2. The van der Waals surface area contributed by atoms with Gasteiger partial charge in [-0.1, -0.05) is 0 Å². The molecular formula is C17H22F2N2O2. The Labute approximate surface area is 134 Å². The maximum atomic E-state index is 13.8. The first-order valence-electron chi connectivity index (χ1n) is 7.88. The van der Waals surface area contributed by atoms with E-state index in [1.54, 1.807) is 14.0 Å². The lowest BCUT2D eigenvalue weighted by Gasteiger charge is -2.26. The van der Waals surface area contributed by atoms with Crippen molar-refractivity contribution in [1.82, 2.24) is 10.2 Å². The van der Waals surface area contributed by atoms with Gasteiger partial charge in [0.1, 0.15) is 11.6 Å². The number of benzene rings is 1. The fourth-order valence-corrected chi connectivity index (χ4v) is 2.38. The second-order valence-electron chi connectivity index (χ2n) is 6.02. The minimum Gasteiger partial charge on any atom is -0.356 e. The molecule has 2 rings (SSSR count). The summed E-state index contributed by atoms with van der Waals surface area (Å²) < 4.78 is 27.0. The Morgan fingerprint density at radius 2 is 2.04 bits per heavy atom. The lowest BCUT2D eigenvalue weighted by Crippen LogP contribution is -2.31. The van der Waals surface area contributed by atoms with Crippen LogP contribution in [0.1, 0.15) is 44.2 Å². The first-order valence-corrected chi connectivity index (χ1v) is 7.88. The first-order chi connectivity index (χ1) is 10.9. The third-order valence-electron chi connectivity index (χ3n) is 4.20. The topological polar surface area (TPSA) is 49.4 Å². The molecule has 1 aromatic rings. The second-order valence-corrected chi connectivity index (χ2v) is 6.02. The van der Waals surface area contributed by atoms with Crippen molar-refractivity contribution >= 4 is 11.8 Å². The molecule has 0 aliphatic heterocycles. The number of hydrogen-bond donors (Lipinski definition) is 1. The van der Waals surface area contributed by atoms with Gasteiger partial charge in [-0.15, -0.1) is 0 Å². The van der Waals surface area contributed by atoms with Crippen LogP contribution >= 0.6 is 0 Å². The van der Waals surface area contributed by atoms with E-state index in [-0.39, 0.29) is 29.7 Å². The largest absolute Gasteiger partial charge is 0.356 e. The van der Waals surface area contributed by atoms with Crippen LogP contribution in [-0.2, 0) is 9.59 Å². The zero-order valence-electron chi connectivity index (χ0n) is 13.4. The molecule has 1 fully saturated rings. The predicted octanol–water partition coefficient (Wildman–Crippen LogP) is 2.79. The van der Waals surface area contributed by atoms with Crippen LogP contribution in [0.5, 0.6) is 0 Å². The number of halogens is 2. The Hall–Kier alpha value is -1.98. The number of carbonyl (C=O) groups is 2. The van der Waals surface area contributed by atoms with Crippen molar-refractivity contribution in [3.05, 3.63) is 35.4 Å². The molecule has 1 saturated carbocycles. The standard InChI is InChI=1S/C17H22F2N2O2/c1-11(14-10-13(18)7-8-15(14)19)21(2)16(22)4-3-9-20-17(23)12-5-6-12/h7-8,10-12H,3-6,9H2,1-2H3,(H,20,23). The van der Waals surface area contributed by atoms with Crippen molar-refractivity contribution in [1.29, 1.82) is 0 Å². The van der Waals surface area contributed by atoms with Crippen LogP contribution in [0, 0.1) is 17.6 Å². The molecule has 0 radical (unpaired) electrons. The fourth-order valence-electron chi connectivity index (χ4n) is 2.38. The molecule has 2 amide bonds. The van der Waals surface area contributed by atoms with Gasteiger partial charge in [0.05, 0.1) is 6.04 Å². The number of rotatable bonds is 7. The molecule has 1 N–H and O–H groups in total. The first kappa shape index (κ1) is 17.4. The molecule has 126 valence electrons. The highest BCUT2D eigenvalue weighted by Crippen LogP contribution is 2.28. The van der Waals surface area contributed by atoms with E-state index in [9.17, 15) is 18.4 Å². The molecular weight excluding hydrogens is 302 g/mol. The van der Waals surface area contributed by atoms with Crippen LogP contribution in [0.15, 0.2) is 18.2 Å². The van der Waals surface area contributed by atoms with Gasteiger partial charge in [-0.25, -0.2) is 8.78 Å². The summed E-state index contributed by atoms with van der Waals surface area (Å²) >= 11 is 0. The third kappa shape index (κ3) is 4.74. The lowest BCUT2D eigenvalue weighted by atomic mass is 10.1. The Morgan fingerprint density at radius 1 is 1.35 bits per heavy atom. The summed E-state index contributed by atoms with van der Waals surface area (Å²) in [5.74, 6) is -1.01. The smallest absolute Gasteiger partial charge is 0.223 e. The molecule has 0 spiro atoms. The van der Waals surface area contributed by atoms with Crippen LogP contribution in [0.3, 0.4) is 0 Å². The van der Waals surface area contributed by atoms with E-state index in [1.807, 2.05) is 0 Å². The van der Waals surface area contributed by atoms with E-state index in [2.05, 4.69) is 5.32 Å². The Balaban J connectivity index is 1.81. The quantitative estimate of drug-likeness (QED) is 0.784. The van der Waals surface area contributed by atoms with Gasteiger partial charge in [0.15, 0.2) is 0 Å². The van der Waals surface area contributed by atoms with E-state index >= 15 is 0 Å². The van der Waals surface area contributed by atoms with Gasteiger partial charge < -0.3 is 10.2 Å². The highest BCUT2D eigenvalue weighted by molar-refractivity contribution is 5.81. The van der Waals surface area contributed by atoms with Crippen molar-refractivity contribution in [3.63, 3.8) is 0 Å². The maximum Gasteiger partial charge on any atom is 0.223 e. The van der Waals surface area contributed by atoms with Gasteiger partial charge in [-0.3, -0.25) is 9.59 Å². The monoisotopic (exact) mass is 324 g/mol. The highest BCUT2D eigenvalue weighted by Gasteiger charge is 2.29. The van der Waals surface area contributed by atoms with Crippen molar-refractivity contribution in [2.45, 2.75) is 38.6 Å². The fraction of sp³-hybridized carbons (Fsp3) is 0.529. The van der Waals surface area contributed by atoms with Gasteiger partial charge in [0.25, 0.3) is 0 Å². The van der Waals surface area contributed by atoms with Crippen molar-refractivity contribution < 1.29 is 18.4 Å². The van der Waals surface area contributed by atoms with Crippen molar-refractivity contribution in [3.8, 4) is 0 Å². The minimum absolute atomic E-state index is 0.0565. The van der Waals surface area contributed by atoms with E-state index in [0.717, 1.165) is 31.0 Å². The molecule has 6 heteroatoms. The Bertz CT molecular complexity index is 588. The number of nitrogens with zero attached hydrogens (tertiary/aromatic N) is 1. The van der Waals surface area contributed by atoms with Gasteiger partial charge in [0, 0.05) is 31.5 Å². The van der Waals surface area contributed by atoms with E-state index in [1.165, 1.54) is 4.90 Å². The molecule has 1 unspecified atom stereocenters. The molecule has 23 heavy (non-hydrogen) atoms. The van der Waals surface area contributed by atoms with Crippen LogP contribution in [-0.4, -0.2) is 30.3 Å². The van der Waals surface area contributed by atoms with Gasteiger partial charge >= 0.3 is 0 Å². The van der Waals surface area contributed by atoms with E-state index in [0.29, 0.717) is 13.0 Å². The summed E-state index contributed by atoms with van der Waals surface area (Å²) in [5, 5.41) is 2.80. The van der Waals surface area contributed by atoms with Crippen LogP contribution in [0.25, 0.3) is 0 Å². The summed E-state index contributed by atoms with van der Waals surface area (Å²) in [6.45, 7) is 2.11. The van der Waals surface area contributed by atoms with Crippen molar-refractivity contribution in [2.75, 3.05) is 13.6 Å². The maximum absolute atomic E-state index is 13.8. The summed E-state index contributed by atoms with van der Waals surface area (Å²) in [5.41, 5.74) is 0.155. The molecule has 1 aliphatic rings. The van der Waals surface area contributed by atoms with Crippen molar-refractivity contribution in [2.24, 2.45) is 5.92 Å². The molecule has 0 aromatic heterocycles. The molecule has 0 heterocycles. The third-order valence-corrected chi connectivity index (χ3v) is 4.20. The molecule has 0 bridgehead atoms. The highest BCUT2D eigenvalue weighted by atomic mass is 19.1. The average molecular weight is 324 g/mol. The Kier molecular flexibility index (Phi) is 5.69. The average Bonchev–Trinajstić information content (AvgIpc) is 3.36. The van der Waals surface area contributed by atoms with Gasteiger partial charge in [0.2, 0.25) is 11.8 Å². The predicted molar refractivity (Wildman–Crippen MR) is 82.5 cm³/mol. The zero-order chi connectivity index (χ0) is 17.0. The Morgan fingerprint density at radius 3 is 2.70 bits per heavy atom. The zero-order valence-corrected chi connectivity index (χ0v) is 13.4. The minimum atomic E-state index is -0.556. The van der Waals surface area contributed by atoms with Gasteiger partial charge in [-0.05, 0) is 44.4 Å². The number of hydrogen-bond acceptors (Lipinski definition) is 2. The second kappa shape index (κ2) is 7.53. The van der Waals surface area contributed by atoms with Crippen LogP contribution in [0.2, 0.25) is 0 Å². The van der Waals surface area contributed by atoms with Crippen LogP contribution < -0.4 is 5.32 Å². The summed E-state index contributed by atoms with van der Waals surface area (Å²) in [6.07, 6.45) is 2.68. The lowest BCUT2D eigenvalue weighted by molar-refractivity contribution is -0.132. The molecule has 4 nitrogen and oxygen atoms in total. The van der Waals surface area contributed by atoms with Crippen LogP contribution in [0.4, 0.5) is 8.78 Å². The summed E-state index contributed by atoms with van der Waals surface area (Å²) in [7, 11) is 1.57. The van der Waals surface area contributed by atoms with E-state index < -0.39 is 17.7 Å². The number of nitrogens with one attached hydrogen (secondary N) is 1. The van der Waals surface area contributed by atoms with E-state index in [4.69, 9.17) is 0 Å². The molecule has 1 atom stereocenters. The molecule has 0 saturated heterocycles. The van der Waals surface area contributed by atoms with Gasteiger partial charge in [-0.2, -0.15) is 0 Å². The summed E-state index contributed by atoms with van der Waals surface area (Å²) in [6, 6.07) is 2.67.